The highest BCUT2D eigenvalue weighted by atomic mass is 35.5. The molecule has 3 aliphatic rings. The van der Waals surface area contributed by atoms with Crippen LogP contribution in [0.5, 0.6) is 11.5 Å². The van der Waals surface area contributed by atoms with E-state index in [0.717, 1.165) is 10.5 Å². The summed E-state index contributed by atoms with van der Waals surface area (Å²) in [5.41, 5.74) is 1.90. The third-order valence-electron chi connectivity index (χ3n) is 7.11. The van der Waals surface area contributed by atoms with Gasteiger partial charge in [-0.3, -0.25) is 9.59 Å². The average molecular weight is 495 g/mol. The van der Waals surface area contributed by atoms with Gasteiger partial charge in [-0.1, -0.05) is 17.7 Å². The van der Waals surface area contributed by atoms with Gasteiger partial charge in [0.25, 0.3) is 5.91 Å². The number of halogens is 1. The van der Waals surface area contributed by atoms with Crippen LogP contribution in [0.3, 0.4) is 0 Å². The zero-order valence-corrected chi connectivity index (χ0v) is 20.2. The van der Waals surface area contributed by atoms with E-state index in [1.165, 1.54) is 13.2 Å². The number of imide groups is 1. The van der Waals surface area contributed by atoms with Crippen molar-refractivity contribution in [2.24, 2.45) is 0 Å². The summed E-state index contributed by atoms with van der Waals surface area (Å²) in [6.07, 6.45) is 0.716. The molecule has 0 aromatic heterocycles. The van der Waals surface area contributed by atoms with Gasteiger partial charge in [0.05, 0.1) is 49.0 Å². The minimum absolute atomic E-state index is 0.110. The average Bonchev–Trinajstić information content (AvgIpc) is 3.52. The third kappa shape index (κ3) is 3.40. The number of carbonyl (C=O) groups is 3. The molecule has 3 saturated heterocycles. The summed E-state index contributed by atoms with van der Waals surface area (Å²) in [6.45, 7) is 2.06. The number of fused-ring (bicyclic) bond motifs is 5. The van der Waals surface area contributed by atoms with Crippen LogP contribution in [0.25, 0.3) is 0 Å². The fraction of sp³-hybridized carbons (Fsp3) is 0.360. The summed E-state index contributed by atoms with van der Waals surface area (Å²) < 4.78 is 10.6. The lowest BCUT2D eigenvalue weighted by atomic mass is 10.1. The molecule has 0 radical (unpaired) electrons. The Bertz CT molecular complexity index is 1310. The van der Waals surface area contributed by atoms with Gasteiger partial charge < -0.3 is 19.3 Å². The van der Waals surface area contributed by atoms with Crippen molar-refractivity contribution in [1.29, 1.82) is 5.26 Å². The number of rotatable bonds is 5. The second kappa shape index (κ2) is 8.47. The quantitative estimate of drug-likeness (QED) is 0.592. The van der Waals surface area contributed by atoms with Gasteiger partial charge in [0, 0.05) is 6.54 Å². The monoisotopic (exact) mass is 494 g/mol. The van der Waals surface area contributed by atoms with Crippen molar-refractivity contribution >= 4 is 35.1 Å². The number of anilines is 1. The largest absolute Gasteiger partial charge is 0.493 e. The molecule has 0 N–H and O–H groups in total. The van der Waals surface area contributed by atoms with Crippen molar-refractivity contribution in [2.75, 3.05) is 25.7 Å². The summed E-state index contributed by atoms with van der Waals surface area (Å²) in [5.74, 6) is 0.624. The molecule has 1 unspecified atom stereocenters. The van der Waals surface area contributed by atoms with Crippen LogP contribution < -0.4 is 14.4 Å². The van der Waals surface area contributed by atoms with E-state index < -0.39 is 12.1 Å². The van der Waals surface area contributed by atoms with Crippen LogP contribution in [0, 0.1) is 18.3 Å². The number of carbonyl (C=O) groups excluding carboxylic acids is 3. The molecule has 0 saturated carbocycles. The zero-order chi connectivity index (χ0) is 25.0. The van der Waals surface area contributed by atoms with Gasteiger partial charge in [0.15, 0.2) is 11.5 Å². The van der Waals surface area contributed by atoms with Gasteiger partial charge in [0.1, 0.15) is 12.1 Å². The molecule has 2 aromatic carbocycles. The number of nitrogens with zero attached hydrogens (tertiary/aromatic N) is 4. The maximum absolute atomic E-state index is 13.5. The van der Waals surface area contributed by atoms with Gasteiger partial charge >= 0.3 is 6.03 Å². The molecule has 2 aromatic rings. The molecule has 3 aliphatic heterocycles. The van der Waals surface area contributed by atoms with Crippen molar-refractivity contribution < 1.29 is 23.9 Å². The first-order valence-electron chi connectivity index (χ1n) is 11.2. The lowest BCUT2D eigenvalue weighted by Gasteiger charge is -2.35. The number of nitriles is 1. The minimum Gasteiger partial charge on any atom is -0.493 e. The van der Waals surface area contributed by atoms with Gasteiger partial charge in [-0.05, 0) is 48.7 Å². The topological polar surface area (TPSA) is 103 Å². The second-order valence-electron chi connectivity index (χ2n) is 8.86. The summed E-state index contributed by atoms with van der Waals surface area (Å²) in [7, 11) is 3.08. The summed E-state index contributed by atoms with van der Waals surface area (Å²) in [5, 5.41) is 9.43. The van der Waals surface area contributed by atoms with E-state index in [4.69, 9.17) is 21.1 Å². The lowest BCUT2D eigenvalue weighted by Crippen LogP contribution is -2.55. The minimum atomic E-state index is -0.732. The number of likely N-dealkylation sites (tertiary alicyclic amines) is 1. The number of benzene rings is 2. The van der Waals surface area contributed by atoms with Crippen molar-refractivity contribution in [3.05, 3.63) is 52.0 Å². The van der Waals surface area contributed by atoms with E-state index in [2.05, 4.69) is 0 Å². The van der Waals surface area contributed by atoms with Crippen molar-refractivity contribution in [1.82, 2.24) is 9.80 Å². The molecule has 35 heavy (non-hydrogen) atoms. The van der Waals surface area contributed by atoms with E-state index in [1.54, 1.807) is 42.0 Å². The molecule has 3 fully saturated rings. The zero-order valence-electron chi connectivity index (χ0n) is 19.4. The van der Waals surface area contributed by atoms with Crippen LogP contribution in [0.15, 0.2) is 30.3 Å². The Morgan fingerprint density at radius 1 is 1.17 bits per heavy atom. The Labute approximate surface area is 207 Å². The fourth-order valence-electron chi connectivity index (χ4n) is 5.44. The molecule has 10 heteroatoms. The van der Waals surface area contributed by atoms with Crippen LogP contribution in [0.4, 0.5) is 10.5 Å². The molecule has 4 amide bonds. The van der Waals surface area contributed by atoms with E-state index >= 15 is 0 Å². The number of methoxy groups -OCH3 is 2. The molecular weight excluding hydrogens is 472 g/mol. The third-order valence-corrected chi connectivity index (χ3v) is 7.59. The van der Waals surface area contributed by atoms with Gasteiger partial charge in [0.2, 0.25) is 5.91 Å². The van der Waals surface area contributed by atoms with E-state index in [0.29, 0.717) is 35.7 Å². The number of hydrogen-bond donors (Lipinski definition) is 0. The molecule has 9 nitrogen and oxygen atoms in total. The van der Waals surface area contributed by atoms with E-state index in [-0.39, 0.29) is 40.9 Å². The number of amides is 4. The van der Waals surface area contributed by atoms with Gasteiger partial charge in [-0.25, -0.2) is 9.69 Å². The highest BCUT2D eigenvalue weighted by Gasteiger charge is 2.62. The van der Waals surface area contributed by atoms with Crippen LogP contribution in [0.2, 0.25) is 5.02 Å². The van der Waals surface area contributed by atoms with Gasteiger partial charge in [-0.15, -0.1) is 0 Å². The number of urea groups is 1. The van der Waals surface area contributed by atoms with Crippen LogP contribution in [0.1, 0.15) is 23.1 Å². The molecule has 0 spiro atoms. The van der Waals surface area contributed by atoms with Crippen molar-refractivity contribution in [3.63, 3.8) is 0 Å². The molecule has 2 bridgehead atoms. The Kier molecular flexibility index (Phi) is 5.56. The first-order chi connectivity index (χ1) is 16.8. The smallest absolute Gasteiger partial charge is 0.332 e. The molecule has 5 rings (SSSR count). The lowest BCUT2D eigenvalue weighted by molar-refractivity contribution is -0.135. The summed E-state index contributed by atoms with van der Waals surface area (Å²) in [6, 6.07) is 8.64. The predicted octanol–water partition coefficient (Wildman–Crippen LogP) is 2.90. The van der Waals surface area contributed by atoms with Crippen molar-refractivity contribution in [3.8, 4) is 17.6 Å². The normalized spacial score (nSPS) is 22.5. The Morgan fingerprint density at radius 2 is 1.91 bits per heavy atom. The van der Waals surface area contributed by atoms with Gasteiger partial charge in [-0.2, -0.15) is 5.26 Å². The molecule has 180 valence electrons. The first kappa shape index (κ1) is 23.0. The highest BCUT2D eigenvalue weighted by Crippen LogP contribution is 2.44. The van der Waals surface area contributed by atoms with Crippen molar-refractivity contribution in [2.45, 2.75) is 37.9 Å². The highest BCUT2D eigenvalue weighted by molar-refractivity contribution is 6.33. The summed E-state index contributed by atoms with van der Waals surface area (Å²) >= 11 is 6.29. The standard InChI is InChI=1S/C25H23ClN4O5/c1-13-17(6-5-15(11-27)22(13)26)30-24(32)23-18-10-16(29(23)25(30)33)12-28(18)21(31)9-14-4-7-19(34-2)20(8-14)35-3/h4-8,16,18,23H,9-10,12H2,1-3H3/t16-,18?,23+/m1/s1. The second-order valence-corrected chi connectivity index (χ2v) is 9.24. The van der Waals surface area contributed by atoms with Crippen LogP contribution in [-0.4, -0.2) is 66.5 Å². The molecular formula is C25H23ClN4O5. The SMILES string of the molecule is COc1ccc(CC(=O)N2C[C@H]3CC2[C@H]2C(=O)N(c4ccc(C#N)c(Cl)c4C)C(=O)N32)cc1OC. The molecule has 3 atom stereocenters. The summed E-state index contributed by atoms with van der Waals surface area (Å²) in [4.78, 5) is 44.5. The maximum Gasteiger partial charge on any atom is 0.332 e. The molecule has 3 heterocycles. The van der Waals surface area contributed by atoms with Crippen LogP contribution >= 0.6 is 11.6 Å². The Morgan fingerprint density at radius 3 is 2.60 bits per heavy atom. The fourth-order valence-corrected chi connectivity index (χ4v) is 5.64. The van der Waals surface area contributed by atoms with E-state index in [1.807, 2.05) is 12.1 Å². The number of ether oxygens (including phenoxy) is 2. The number of piperazine rings is 1. The van der Waals surface area contributed by atoms with Crippen LogP contribution in [-0.2, 0) is 16.0 Å². The van der Waals surface area contributed by atoms with E-state index in [9.17, 15) is 19.6 Å². The Balaban J connectivity index is 1.38. The number of hydrogen-bond acceptors (Lipinski definition) is 6. The Hall–Kier alpha value is -3.77. The first-order valence-corrected chi connectivity index (χ1v) is 11.5. The maximum atomic E-state index is 13.5. The predicted molar refractivity (Wildman–Crippen MR) is 127 cm³/mol. The molecule has 0 aliphatic carbocycles.